The minimum absolute atomic E-state index is 0.319. The largest absolute Gasteiger partial charge is 0.331 e. The minimum atomic E-state index is -0.319. The van der Waals surface area contributed by atoms with Gasteiger partial charge in [-0.15, -0.1) is 0 Å². The molecule has 3 aromatic rings. The Hall–Kier alpha value is -2.18. The molecule has 0 saturated carbocycles. The van der Waals surface area contributed by atoms with E-state index < -0.39 is 0 Å². The van der Waals surface area contributed by atoms with Gasteiger partial charge in [-0.1, -0.05) is 17.7 Å². The van der Waals surface area contributed by atoms with Gasteiger partial charge in [0.25, 0.3) is 0 Å². The van der Waals surface area contributed by atoms with Gasteiger partial charge in [0.2, 0.25) is 5.95 Å². The van der Waals surface area contributed by atoms with Gasteiger partial charge in [0.1, 0.15) is 11.5 Å². The number of benzene rings is 1. The average molecular weight is 320 g/mol. The van der Waals surface area contributed by atoms with Crippen LogP contribution in [0.3, 0.4) is 0 Å². The molecular formula is C15H15ClFN5. The van der Waals surface area contributed by atoms with Crippen molar-refractivity contribution in [2.24, 2.45) is 5.73 Å². The number of nitrogens with zero attached hydrogens (tertiary/aromatic N) is 3. The summed E-state index contributed by atoms with van der Waals surface area (Å²) in [5.41, 5.74) is 6.86. The zero-order valence-corrected chi connectivity index (χ0v) is 12.5. The molecule has 3 N–H and O–H groups in total. The number of nitrogens with one attached hydrogen (secondary N) is 1. The number of halogens is 2. The summed E-state index contributed by atoms with van der Waals surface area (Å²) in [5.74, 6) is 0.0716. The van der Waals surface area contributed by atoms with Gasteiger partial charge >= 0.3 is 0 Å². The molecule has 0 radical (unpaired) electrons. The van der Waals surface area contributed by atoms with Crippen LogP contribution in [0.5, 0.6) is 0 Å². The fourth-order valence-electron chi connectivity index (χ4n) is 2.22. The van der Waals surface area contributed by atoms with Crippen LogP contribution in [0.15, 0.2) is 36.7 Å². The third kappa shape index (κ3) is 3.03. The quantitative estimate of drug-likeness (QED) is 0.757. The van der Waals surface area contributed by atoms with Crippen molar-refractivity contribution in [2.75, 3.05) is 11.9 Å². The lowest BCUT2D eigenvalue weighted by Gasteiger charge is -2.06. The maximum Gasteiger partial charge on any atom is 0.229 e. The van der Waals surface area contributed by atoms with Gasteiger partial charge in [-0.05, 0) is 31.2 Å². The van der Waals surface area contributed by atoms with Gasteiger partial charge in [-0.25, -0.2) is 9.37 Å². The number of fused-ring (bicyclic) bond motifs is 1. The Morgan fingerprint density at radius 2 is 2.23 bits per heavy atom. The smallest absolute Gasteiger partial charge is 0.229 e. The van der Waals surface area contributed by atoms with Crippen molar-refractivity contribution in [3.8, 4) is 0 Å². The highest BCUT2D eigenvalue weighted by Gasteiger charge is 2.10. The summed E-state index contributed by atoms with van der Waals surface area (Å²) in [7, 11) is 0. The molecule has 0 bridgehead atoms. The van der Waals surface area contributed by atoms with Crippen LogP contribution in [0, 0.1) is 5.82 Å². The molecule has 0 spiro atoms. The van der Waals surface area contributed by atoms with E-state index in [0.29, 0.717) is 23.2 Å². The lowest BCUT2D eigenvalue weighted by Crippen LogP contribution is -2.06. The molecule has 7 heteroatoms. The normalized spacial score (nSPS) is 11.0. The van der Waals surface area contributed by atoms with Crippen LogP contribution in [-0.2, 0) is 6.54 Å². The molecule has 5 nitrogen and oxygen atoms in total. The van der Waals surface area contributed by atoms with Gasteiger partial charge in [-0.2, -0.15) is 4.98 Å². The number of hydrogen-bond donors (Lipinski definition) is 2. The van der Waals surface area contributed by atoms with Crippen LogP contribution >= 0.6 is 11.6 Å². The Morgan fingerprint density at radius 3 is 3.00 bits per heavy atom. The van der Waals surface area contributed by atoms with Crippen molar-refractivity contribution in [3.05, 3.63) is 47.5 Å². The lowest BCUT2D eigenvalue weighted by atomic mass is 10.3. The number of anilines is 2. The highest BCUT2D eigenvalue weighted by Crippen LogP contribution is 2.25. The van der Waals surface area contributed by atoms with E-state index in [2.05, 4.69) is 15.3 Å². The second kappa shape index (κ2) is 6.29. The van der Waals surface area contributed by atoms with E-state index in [1.165, 1.54) is 12.1 Å². The van der Waals surface area contributed by atoms with Crippen molar-refractivity contribution < 1.29 is 4.39 Å². The summed E-state index contributed by atoms with van der Waals surface area (Å²) in [4.78, 5) is 8.69. The summed E-state index contributed by atoms with van der Waals surface area (Å²) in [6.07, 6.45) is 4.31. The molecule has 0 atom stereocenters. The first-order valence-corrected chi connectivity index (χ1v) is 7.29. The van der Waals surface area contributed by atoms with E-state index in [1.54, 1.807) is 18.3 Å². The van der Waals surface area contributed by atoms with Crippen molar-refractivity contribution in [1.82, 2.24) is 14.5 Å². The molecule has 0 saturated heterocycles. The first-order valence-electron chi connectivity index (χ1n) is 6.91. The molecule has 0 aliphatic rings. The maximum absolute atomic E-state index is 13.2. The van der Waals surface area contributed by atoms with Crippen LogP contribution < -0.4 is 11.1 Å². The topological polar surface area (TPSA) is 68.8 Å². The molecule has 22 heavy (non-hydrogen) atoms. The molecule has 2 aromatic heterocycles. The molecule has 0 amide bonds. The van der Waals surface area contributed by atoms with Crippen LogP contribution in [0.2, 0.25) is 5.02 Å². The molecule has 0 fully saturated rings. The molecule has 2 heterocycles. The van der Waals surface area contributed by atoms with Crippen molar-refractivity contribution in [2.45, 2.75) is 13.0 Å². The molecule has 0 aliphatic heterocycles. The fraction of sp³-hybridized carbons (Fsp3) is 0.200. The highest BCUT2D eigenvalue weighted by atomic mass is 35.5. The number of nitrogens with two attached hydrogens (primary N) is 1. The van der Waals surface area contributed by atoms with Crippen molar-refractivity contribution in [3.63, 3.8) is 0 Å². The number of rotatable bonds is 5. The van der Waals surface area contributed by atoms with E-state index in [0.717, 1.165) is 24.0 Å². The van der Waals surface area contributed by atoms with Crippen LogP contribution in [0.1, 0.15) is 6.42 Å². The Morgan fingerprint density at radius 1 is 1.36 bits per heavy atom. The lowest BCUT2D eigenvalue weighted by molar-refractivity contribution is 0.628. The van der Waals surface area contributed by atoms with Crippen LogP contribution in [0.25, 0.3) is 11.0 Å². The molecule has 0 aliphatic carbocycles. The molecule has 1 aromatic carbocycles. The van der Waals surface area contributed by atoms with Crippen LogP contribution in [-0.4, -0.2) is 21.1 Å². The highest BCUT2D eigenvalue weighted by molar-refractivity contribution is 6.35. The van der Waals surface area contributed by atoms with Crippen LogP contribution in [0.4, 0.5) is 16.0 Å². The summed E-state index contributed by atoms with van der Waals surface area (Å²) in [6, 6.07) is 6.13. The zero-order valence-electron chi connectivity index (χ0n) is 11.8. The third-order valence-corrected chi connectivity index (χ3v) is 3.55. The number of aromatic nitrogens is 3. The zero-order chi connectivity index (χ0) is 15.5. The summed E-state index contributed by atoms with van der Waals surface area (Å²) < 4.78 is 15.2. The first-order chi connectivity index (χ1) is 10.7. The number of aryl methyl sites for hydroxylation is 1. The van der Waals surface area contributed by atoms with E-state index in [-0.39, 0.29) is 5.82 Å². The van der Waals surface area contributed by atoms with Gasteiger partial charge in [0, 0.05) is 24.6 Å². The minimum Gasteiger partial charge on any atom is -0.331 e. The van der Waals surface area contributed by atoms with Gasteiger partial charge in [0.05, 0.1) is 10.4 Å². The Balaban J connectivity index is 1.94. The van der Waals surface area contributed by atoms with E-state index >= 15 is 0 Å². The van der Waals surface area contributed by atoms with Crippen molar-refractivity contribution in [1.29, 1.82) is 0 Å². The summed E-state index contributed by atoms with van der Waals surface area (Å²) >= 11 is 6.19. The fourth-order valence-corrected chi connectivity index (χ4v) is 2.47. The van der Waals surface area contributed by atoms with E-state index in [9.17, 15) is 4.39 Å². The van der Waals surface area contributed by atoms with Gasteiger partial charge < -0.3 is 15.6 Å². The predicted octanol–water partition coefficient (Wildman–Crippen LogP) is 3.32. The van der Waals surface area contributed by atoms with E-state index in [1.807, 2.05) is 10.8 Å². The monoisotopic (exact) mass is 319 g/mol. The molecule has 114 valence electrons. The Labute approximate surface area is 131 Å². The molecule has 0 unspecified atom stereocenters. The summed E-state index contributed by atoms with van der Waals surface area (Å²) in [5, 5.41) is 4.37. The third-order valence-electron chi connectivity index (χ3n) is 3.25. The molecule has 3 rings (SSSR count). The summed E-state index contributed by atoms with van der Waals surface area (Å²) in [6.45, 7) is 1.33. The standard InChI is InChI=1S/C15H15ClFN5/c16-13-9-22(6-2-5-18)14-12(13)8-19-15(21-14)20-11-4-1-3-10(17)7-11/h1,3-4,7-9H,2,5-6,18H2,(H,19,20,21). The second-order valence-corrected chi connectivity index (χ2v) is 5.29. The van der Waals surface area contributed by atoms with Crippen molar-refractivity contribution >= 4 is 34.3 Å². The van der Waals surface area contributed by atoms with Gasteiger partial charge in [0.15, 0.2) is 0 Å². The number of hydrogen-bond acceptors (Lipinski definition) is 4. The maximum atomic E-state index is 13.2. The second-order valence-electron chi connectivity index (χ2n) is 4.88. The Bertz CT molecular complexity index is 802. The average Bonchev–Trinajstić information content (AvgIpc) is 2.81. The predicted molar refractivity (Wildman–Crippen MR) is 85.9 cm³/mol. The molecular weight excluding hydrogens is 305 g/mol. The van der Waals surface area contributed by atoms with Gasteiger partial charge in [-0.3, -0.25) is 0 Å². The SMILES string of the molecule is NCCCn1cc(Cl)c2cnc(Nc3cccc(F)c3)nc21. The van der Waals surface area contributed by atoms with E-state index in [4.69, 9.17) is 17.3 Å². The first kappa shape index (κ1) is 14.7. The Kier molecular flexibility index (Phi) is 4.22.